The Kier molecular flexibility index (Phi) is 4.48. The summed E-state index contributed by atoms with van der Waals surface area (Å²) in [5.74, 6) is 5.90. The highest BCUT2D eigenvalue weighted by Gasteiger charge is 2.28. The Balaban J connectivity index is 2.25. The molecule has 0 aromatic carbocycles. The van der Waals surface area contributed by atoms with Crippen LogP contribution in [0.2, 0.25) is 0 Å². The molecule has 0 spiro atoms. The molecule has 14 heavy (non-hydrogen) atoms. The van der Waals surface area contributed by atoms with Gasteiger partial charge in [-0.3, -0.25) is 4.79 Å². The van der Waals surface area contributed by atoms with E-state index in [2.05, 4.69) is 16.7 Å². The predicted molar refractivity (Wildman–Crippen MR) is 54.6 cm³/mol. The van der Waals surface area contributed by atoms with E-state index in [0.29, 0.717) is 0 Å². The molecule has 1 aliphatic heterocycles. The van der Waals surface area contributed by atoms with Gasteiger partial charge in [-0.2, -0.15) is 0 Å². The van der Waals surface area contributed by atoms with Crippen LogP contribution in [0.1, 0.15) is 19.8 Å². The van der Waals surface area contributed by atoms with Crippen molar-refractivity contribution in [2.24, 2.45) is 5.92 Å². The van der Waals surface area contributed by atoms with Crippen LogP contribution in [-0.4, -0.2) is 37.6 Å². The maximum atomic E-state index is 11.2. The number of ether oxygens (including phenoxy) is 1. The zero-order valence-corrected chi connectivity index (χ0v) is 8.88. The zero-order valence-electron chi connectivity index (χ0n) is 8.88. The second kappa shape index (κ2) is 5.66. The maximum absolute atomic E-state index is 11.2. The highest BCUT2D eigenvalue weighted by molar-refractivity contribution is 5.72. The summed E-state index contributed by atoms with van der Waals surface area (Å²) in [6.45, 7) is 4.64. The summed E-state index contributed by atoms with van der Waals surface area (Å²) in [6, 6.07) is 0. The largest absolute Gasteiger partial charge is 0.469 e. The molecule has 1 fully saturated rings. The lowest BCUT2D eigenvalue weighted by molar-refractivity contribution is -0.144. The molecular weight excluding hydrogens is 178 g/mol. The van der Waals surface area contributed by atoms with Gasteiger partial charge in [0, 0.05) is 19.5 Å². The van der Waals surface area contributed by atoms with Gasteiger partial charge in [0.15, 0.2) is 0 Å². The molecule has 3 heteroatoms. The van der Waals surface area contributed by atoms with E-state index in [9.17, 15) is 4.79 Å². The van der Waals surface area contributed by atoms with Gasteiger partial charge < -0.3 is 9.64 Å². The Bertz CT molecular complexity index is 252. The molecule has 0 aromatic rings. The lowest BCUT2D eigenvalue weighted by atomic mass is 10.1. The average molecular weight is 195 g/mol. The zero-order chi connectivity index (χ0) is 10.4. The van der Waals surface area contributed by atoms with Crippen molar-refractivity contribution in [1.29, 1.82) is 0 Å². The first-order valence-electron chi connectivity index (χ1n) is 4.97. The summed E-state index contributed by atoms with van der Waals surface area (Å²) in [5, 5.41) is 0. The summed E-state index contributed by atoms with van der Waals surface area (Å²) < 4.78 is 4.71. The minimum atomic E-state index is -0.0749. The highest BCUT2D eigenvalue weighted by Crippen LogP contribution is 2.17. The molecule has 1 heterocycles. The molecule has 1 saturated heterocycles. The Hall–Kier alpha value is -1.01. The predicted octanol–water partition coefficient (Wildman–Crippen LogP) is 0.895. The molecule has 78 valence electrons. The second-order valence-electron chi connectivity index (χ2n) is 3.49. The third-order valence-electron chi connectivity index (χ3n) is 2.54. The molecule has 0 N–H and O–H groups in total. The van der Waals surface area contributed by atoms with Crippen molar-refractivity contribution in [1.82, 2.24) is 4.90 Å². The number of nitrogens with zero attached hydrogens (tertiary/aromatic N) is 1. The Labute approximate surface area is 85.4 Å². The van der Waals surface area contributed by atoms with Crippen molar-refractivity contribution in [3.8, 4) is 11.8 Å². The van der Waals surface area contributed by atoms with E-state index in [4.69, 9.17) is 4.74 Å². The van der Waals surface area contributed by atoms with Crippen molar-refractivity contribution in [2.45, 2.75) is 19.8 Å². The van der Waals surface area contributed by atoms with Gasteiger partial charge in [0.2, 0.25) is 0 Å². The molecular formula is C11H17NO2. The van der Waals surface area contributed by atoms with Crippen molar-refractivity contribution in [3.63, 3.8) is 0 Å². The third-order valence-corrected chi connectivity index (χ3v) is 2.54. The van der Waals surface area contributed by atoms with Gasteiger partial charge in [-0.25, -0.2) is 0 Å². The van der Waals surface area contributed by atoms with E-state index in [1.165, 1.54) is 7.11 Å². The van der Waals surface area contributed by atoms with Crippen LogP contribution in [0.25, 0.3) is 0 Å². The van der Waals surface area contributed by atoms with Crippen LogP contribution >= 0.6 is 0 Å². The molecule has 3 nitrogen and oxygen atoms in total. The summed E-state index contributed by atoms with van der Waals surface area (Å²) >= 11 is 0. The Morgan fingerprint density at radius 3 is 3.07 bits per heavy atom. The molecule has 0 aromatic heterocycles. The smallest absolute Gasteiger partial charge is 0.310 e. The van der Waals surface area contributed by atoms with Crippen LogP contribution in [0.3, 0.4) is 0 Å². The van der Waals surface area contributed by atoms with Gasteiger partial charge in [0.1, 0.15) is 0 Å². The Morgan fingerprint density at radius 1 is 1.64 bits per heavy atom. The molecule has 0 aliphatic carbocycles. The number of hydrogen-bond acceptors (Lipinski definition) is 3. The van der Waals surface area contributed by atoms with Crippen molar-refractivity contribution in [3.05, 3.63) is 0 Å². The molecule has 0 amide bonds. The number of esters is 1. The summed E-state index contributed by atoms with van der Waals surface area (Å²) in [6.07, 6.45) is 1.82. The fourth-order valence-corrected chi connectivity index (χ4v) is 1.73. The van der Waals surface area contributed by atoms with Crippen LogP contribution in [0, 0.1) is 17.8 Å². The highest BCUT2D eigenvalue weighted by atomic mass is 16.5. The molecule has 0 radical (unpaired) electrons. The fraction of sp³-hybridized carbons (Fsp3) is 0.727. The van der Waals surface area contributed by atoms with Gasteiger partial charge >= 0.3 is 5.97 Å². The lowest BCUT2D eigenvalue weighted by Gasteiger charge is -2.12. The van der Waals surface area contributed by atoms with Gasteiger partial charge in [0.25, 0.3) is 0 Å². The lowest BCUT2D eigenvalue weighted by Crippen LogP contribution is -2.24. The number of likely N-dealkylation sites (tertiary alicyclic amines) is 1. The number of methoxy groups -OCH3 is 1. The maximum Gasteiger partial charge on any atom is 0.310 e. The van der Waals surface area contributed by atoms with Crippen LogP contribution in [0.4, 0.5) is 0 Å². The molecule has 0 bridgehead atoms. The summed E-state index contributed by atoms with van der Waals surface area (Å²) in [4.78, 5) is 13.5. The van der Waals surface area contributed by atoms with Crippen molar-refractivity contribution >= 4 is 5.97 Å². The van der Waals surface area contributed by atoms with E-state index >= 15 is 0 Å². The van der Waals surface area contributed by atoms with Gasteiger partial charge in [-0.05, 0) is 19.9 Å². The topological polar surface area (TPSA) is 29.5 Å². The fourth-order valence-electron chi connectivity index (χ4n) is 1.73. The number of hydrogen-bond donors (Lipinski definition) is 0. The third kappa shape index (κ3) is 3.04. The van der Waals surface area contributed by atoms with E-state index < -0.39 is 0 Å². The van der Waals surface area contributed by atoms with Crippen LogP contribution in [-0.2, 0) is 9.53 Å². The first-order valence-corrected chi connectivity index (χ1v) is 4.97. The molecule has 1 atom stereocenters. The first kappa shape index (κ1) is 11.1. The van der Waals surface area contributed by atoms with Gasteiger partial charge in [0.05, 0.1) is 13.0 Å². The average Bonchev–Trinajstić information content (AvgIpc) is 2.66. The van der Waals surface area contributed by atoms with E-state index in [0.717, 1.165) is 32.5 Å². The van der Waals surface area contributed by atoms with Crippen LogP contribution < -0.4 is 0 Å². The normalized spacial score (nSPS) is 21.4. The first-order chi connectivity index (χ1) is 6.77. The monoisotopic (exact) mass is 195 g/mol. The minimum absolute atomic E-state index is 0.0749. The number of carbonyl (C=O) groups excluding carboxylic acids is 1. The van der Waals surface area contributed by atoms with Gasteiger partial charge in [-0.1, -0.05) is 0 Å². The van der Waals surface area contributed by atoms with E-state index in [1.807, 2.05) is 6.92 Å². The van der Waals surface area contributed by atoms with Crippen molar-refractivity contribution < 1.29 is 9.53 Å². The number of rotatable bonds is 3. The SMILES string of the molecule is CC#CCCN1CCC(C(=O)OC)C1. The van der Waals surface area contributed by atoms with E-state index in [-0.39, 0.29) is 11.9 Å². The molecule has 1 rings (SSSR count). The van der Waals surface area contributed by atoms with Gasteiger partial charge in [-0.15, -0.1) is 11.8 Å². The quantitative estimate of drug-likeness (QED) is 0.495. The van der Waals surface area contributed by atoms with E-state index in [1.54, 1.807) is 0 Å². The molecule has 1 aliphatic rings. The van der Waals surface area contributed by atoms with Crippen molar-refractivity contribution in [2.75, 3.05) is 26.7 Å². The molecule has 0 saturated carbocycles. The minimum Gasteiger partial charge on any atom is -0.469 e. The number of carbonyl (C=O) groups is 1. The Morgan fingerprint density at radius 2 is 2.43 bits per heavy atom. The summed E-state index contributed by atoms with van der Waals surface area (Å²) in [5.41, 5.74) is 0. The summed E-state index contributed by atoms with van der Waals surface area (Å²) in [7, 11) is 1.45. The van der Waals surface area contributed by atoms with Crippen LogP contribution in [0.15, 0.2) is 0 Å². The standard InChI is InChI=1S/C11H17NO2/c1-3-4-5-7-12-8-6-10(9-12)11(13)14-2/h10H,5-9H2,1-2H3. The second-order valence-corrected chi connectivity index (χ2v) is 3.49. The molecule has 1 unspecified atom stereocenters. The van der Waals surface area contributed by atoms with Crippen LogP contribution in [0.5, 0.6) is 0 Å².